The predicted octanol–water partition coefficient (Wildman–Crippen LogP) is 3.08. The molecule has 0 saturated carbocycles. The molecule has 5 heteroatoms. The quantitative estimate of drug-likeness (QED) is 0.732. The van der Waals surface area contributed by atoms with E-state index >= 15 is 0 Å². The van der Waals surface area contributed by atoms with E-state index in [0.29, 0.717) is 5.56 Å². The van der Waals surface area contributed by atoms with Crippen LogP contribution in [0.4, 0.5) is 0 Å². The molecule has 0 aliphatic heterocycles. The summed E-state index contributed by atoms with van der Waals surface area (Å²) in [6, 6.07) is 16.2. The van der Waals surface area contributed by atoms with Gasteiger partial charge in [-0.2, -0.15) is 0 Å². The summed E-state index contributed by atoms with van der Waals surface area (Å²) in [5.41, 5.74) is 0.334. The monoisotopic (exact) mass is 330 g/mol. The van der Waals surface area contributed by atoms with Crippen LogP contribution in [0.2, 0.25) is 0 Å². The van der Waals surface area contributed by atoms with Crippen LogP contribution in [0.5, 0.6) is 0 Å². The fraction of sp³-hybridized carbons (Fsp3) is 0.222. The Kier molecular flexibility index (Phi) is 5.45. The summed E-state index contributed by atoms with van der Waals surface area (Å²) in [6.07, 6.45) is 0.0373. The highest BCUT2D eigenvalue weighted by Gasteiger charge is 2.34. The molecular weight excluding hydrogens is 312 g/mol. The van der Waals surface area contributed by atoms with Gasteiger partial charge in [0, 0.05) is 12.0 Å². The summed E-state index contributed by atoms with van der Waals surface area (Å²) in [7, 11) is -3.85. The number of Topliss-reactive ketones (excluding diaryl/α,β-unsaturated/α-hetero) is 2. The van der Waals surface area contributed by atoms with E-state index in [1.165, 1.54) is 19.1 Å². The molecule has 0 saturated heterocycles. The van der Waals surface area contributed by atoms with Gasteiger partial charge in [-0.05, 0) is 25.5 Å². The summed E-state index contributed by atoms with van der Waals surface area (Å²) in [5, 5.41) is -1.25. The second-order valence-corrected chi connectivity index (χ2v) is 7.45. The molecule has 0 spiro atoms. The van der Waals surface area contributed by atoms with Crippen LogP contribution in [0, 0.1) is 0 Å². The maximum atomic E-state index is 12.8. The number of carbonyl (C=O) groups is 2. The molecule has 0 fully saturated rings. The van der Waals surface area contributed by atoms with Gasteiger partial charge in [0.2, 0.25) is 0 Å². The van der Waals surface area contributed by atoms with Crippen molar-refractivity contribution in [1.29, 1.82) is 0 Å². The molecule has 2 aromatic rings. The van der Waals surface area contributed by atoms with Crippen molar-refractivity contribution in [1.82, 2.24) is 0 Å². The number of hydrogen-bond donors (Lipinski definition) is 0. The Hall–Kier alpha value is -2.27. The third-order valence-corrected chi connectivity index (χ3v) is 5.68. The number of hydrogen-bond acceptors (Lipinski definition) is 4. The van der Waals surface area contributed by atoms with Crippen LogP contribution in [0.15, 0.2) is 65.6 Å². The van der Waals surface area contributed by atoms with Crippen molar-refractivity contribution in [3.05, 3.63) is 66.2 Å². The Labute approximate surface area is 136 Å². The van der Waals surface area contributed by atoms with E-state index in [9.17, 15) is 18.0 Å². The molecule has 4 nitrogen and oxygen atoms in total. The molecule has 0 aliphatic rings. The van der Waals surface area contributed by atoms with E-state index < -0.39 is 20.9 Å². The van der Waals surface area contributed by atoms with Gasteiger partial charge in [0.1, 0.15) is 11.0 Å². The van der Waals surface area contributed by atoms with Gasteiger partial charge in [-0.1, -0.05) is 48.5 Å². The van der Waals surface area contributed by atoms with Gasteiger partial charge in [-0.25, -0.2) is 8.42 Å². The van der Waals surface area contributed by atoms with Crippen LogP contribution < -0.4 is 0 Å². The standard InChI is InChI=1S/C18H18O4S/c1-14(19)12-13-17(18(20)15-8-4-2-5-9-15)23(21,22)16-10-6-3-7-11-16/h2-11,17H,12-13H2,1H3. The lowest BCUT2D eigenvalue weighted by Gasteiger charge is -2.16. The topological polar surface area (TPSA) is 68.3 Å². The molecule has 120 valence electrons. The highest BCUT2D eigenvalue weighted by Crippen LogP contribution is 2.23. The average Bonchev–Trinajstić information content (AvgIpc) is 2.56. The normalized spacial score (nSPS) is 12.6. The Balaban J connectivity index is 2.42. The Morgan fingerprint density at radius 1 is 0.913 bits per heavy atom. The number of ketones is 2. The molecule has 23 heavy (non-hydrogen) atoms. The zero-order valence-electron chi connectivity index (χ0n) is 12.8. The van der Waals surface area contributed by atoms with E-state index in [2.05, 4.69) is 0 Å². The molecule has 0 radical (unpaired) electrons. The van der Waals surface area contributed by atoms with Gasteiger partial charge in [0.05, 0.1) is 4.90 Å². The molecule has 0 bridgehead atoms. The number of sulfone groups is 1. The van der Waals surface area contributed by atoms with E-state index in [0.717, 1.165) is 0 Å². The molecule has 1 unspecified atom stereocenters. The lowest BCUT2D eigenvalue weighted by atomic mass is 10.0. The first-order valence-electron chi connectivity index (χ1n) is 7.30. The number of benzene rings is 2. The maximum absolute atomic E-state index is 12.8. The fourth-order valence-corrected chi connectivity index (χ4v) is 4.04. The third-order valence-electron chi connectivity index (χ3n) is 3.56. The van der Waals surface area contributed by atoms with Crippen molar-refractivity contribution >= 4 is 21.4 Å². The van der Waals surface area contributed by atoms with Gasteiger partial charge in [0.15, 0.2) is 15.6 Å². The molecule has 2 rings (SSSR count). The average molecular weight is 330 g/mol. The van der Waals surface area contributed by atoms with Crippen LogP contribution in [0.25, 0.3) is 0 Å². The van der Waals surface area contributed by atoms with E-state index in [4.69, 9.17) is 0 Å². The molecule has 0 heterocycles. The maximum Gasteiger partial charge on any atom is 0.188 e. The van der Waals surface area contributed by atoms with Crippen molar-refractivity contribution in [3.8, 4) is 0 Å². The van der Waals surface area contributed by atoms with Crippen molar-refractivity contribution in [2.24, 2.45) is 0 Å². The van der Waals surface area contributed by atoms with Crippen LogP contribution >= 0.6 is 0 Å². The highest BCUT2D eigenvalue weighted by molar-refractivity contribution is 7.92. The predicted molar refractivity (Wildman–Crippen MR) is 88.1 cm³/mol. The molecule has 0 N–H and O–H groups in total. The molecule has 0 aliphatic carbocycles. The zero-order chi connectivity index (χ0) is 16.9. The molecule has 0 amide bonds. The van der Waals surface area contributed by atoms with Crippen LogP contribution in [0.3, 0.4) is 0 Å². The van der Waals surface area contributed by atoms with E-state index in [1.54, 1.807) is 48.5 Å². The Morgan fingerprint density at radius 2 is 1.43 bits per heavy atom. The lowest BCUT2D eigenvalue weighted by Crippen LogP contribution is -2.31. The molecule has 1 atom stereocenters. The summed E-state index contributed by atoms with van der Waals surface area (Å²) in [5.74, 6) is -0.616. The first kappa shape index (κ1) is 17.1. The van der Waals surface area contributed by atoms with Crippen LogP contribution in [-0.4, -0.2) is 25.2 Å². The van der Waals surface area contributed by atoms with E-state index in [-0.39, 0.29) is 23.5 Å². The van der Waals surface area contributed by atoms with Crippen LogP contribution in [-0.2, 0) is 14.6 Å². The van der Waals surface area contributed by atoms with Gasteiger partial charge >= 0.3 is 0 Å². The second kappa shape index (κ2) is 7.33. The number of rotatable bonds is 7. The molecule has 2 aromatic carbocycles. The van der Waals surface area contributed by atoms with Crippen LogP contribution in [0.1, 0.15) is 30.1 Å². The van der Waals surface area contributed by atoms with Gasteiger partial charge < -0.3 is 4.79 Å². The summed E-state index contributed by atoms with van der Waals surface area (Å²) in [4.78, 5) is 24.0. The Bertz CT molecular complexity index is 780. The smallest absolute Gasteiger partial charge is 0.188 e. The SMILES string of the molecule is CC(=O)CCC(C(=O)c1ccccc1)S(=O)(=O)c1ccccc1. The third kappa shape index (κ3) is 4.13. The lowest BCUT2D eigenvalue weighted by molar-refractivity contribution is -0.117. The van der Waals surface area contributed by atoms with Crippen molar-refractivity contribution in [2.75, 3.05) is 0 Å². The highest BCUT2D eigenvalue weighted by atomic mass is 32.2. The van der Waals surface area contributed by atoms with Gasteiger partial charge in [-0.3, -0.25) is 4.79 Å². The first-order valence-corrected chi connectivity index (χ1v) is 8.85. The minimum absolute atomic E-state index is 0.0136. The van der Waals surface area contributed by atoms with Crippen molar-refractivity contribution in [2.45, 2.75) is 29.9 Å². The number of carbonyl (C=O) groups excluding carboxylic acids is 2. The van der Waals surface area contributed by atoms with Crippen molar-refractivity contribution in [3.63, 3.8) is 0 Å². The first-order chi connectivity index (χ1) is 10.9. The van der Waals surface area contributed by atoms with Crippen molar-refractivity contribution < 1.29 is 18.0 Å². The molecular formula is C18H18O4S. The summed E-state index contributed by atoms with van der Waals surface area (Å²) < 4.78 is 25.7. The zero-order valence-corrected chi connectivity index (χ0v) is 13.6. The molecule has 0 aromatic heterocycles. The fourth-order valence-electron chi connectivity index (χ4n) is 2.32. The largest absolute Gasteiger partial charge is 0.300 e. The summed E-state index contributed by atoms with van der Waals surface area (Å²) >= 11 is 0. The minimum atomic E-state index is -3.85. The van der Waals surface area contributed by atoms with Gasteiger partial charge in [-0.15, -0.1) is 0 Å². The second-order valence-electron chi connectivity index (χ2n) is 5.32. The Morgan fingerprint density at radius 3 is 1.96 bits per heavy atom. The van der Waals surface area contributed by atoms with E-state index in [1.807, 2.05) is 0 Å². The minimum Gasteiger partial charge on any atom is -0.300 e. The van der Waals surface area contributed by atoms with Gasteiger partial charge in [0.25, 0.3) is 0 Å². The summed E-state index contributed by atoms with van der Waals surface area (Å²) in [6.45, 7) is 1.39.